The number of aromatic nitrogens is 2. The monoisotopic (exact) mass is 225 g/mol. The van der Waals surface area contributed by atoms with E-state index in [0.717, 1.165) is 5.69 Å². The van der Waals surface area contributed by atoms with E-state index in [9.17, 15) is 0 Å². The molecule has 0 aliphatic rings. The van der Waals surface area contributed by atoms with Gasteiger partial charge in [0.25, 0.3) is 0 Å². The number of ether oxygens (including phenoxy) is 2. The summed E-state index contributed by atoms with van der Waals surface area (Å²) < 4.78 is 10.7. The third-order valence-corrected chi connectivity index (χ3v) is 1.83. The van der Waals surface area contributed by atoms with E-state index < -0.39 is 0 Å². The zero-order valence-corrected chi connectivity index (χ0v) is 10.1. The van der Waals surface area contributed by atoms with E-state index in [1.165, 1.54) is 0 Å². The molecule has 16 heavy (non-hydrogen) atoms. The molecule has 0 aliphatic carbocycles. The highest BCUT2D eigenvalue weighted by atomic mass is 16.5. The highest BCUT2D eigenvalue weighted by molar-refractivity contribution is 5.28. The second-order valence-corrected chi connectivity index (χ2v) is 3.82. The Hall–Kier alpha value is -1.20. The smallest absolute Gasteiger partial charge is 0.156 e. The maximum absolute atomic E-state index is 5.60. The molecular formula is C11H19N3O2. The molecule has 0 atom stereocenters. The molecule has 0 radical (unpaired) electrons. The fourth-order valence-corrected chi connectivity index (χ4v) is 1.23. The van der Waals surface area contributed by atoms with E-state index in [-0.39, 0.29) is 6.10 Å². The van der Waals surface area contributed by atoms with Crippen LogP contribution in [0, 0.1) is 6.92 Å². The minimum atomic E-state index is 0.231. The molecular weight excluding hydrogens is 206 g/mol. The predicted molar refractivity (Wildman–Crippen MR) is 61.9 cm³/mol. The van der Waals surface area contributed by atoms with Crippen LogP contribution in [0.4, 0.5) is 5.82 Å². The number of nitrogens with zero attached hydrogens (tertiary/aromatic N) is 2. The number of aryl methyl sites for hydroxylation is 1. The minimum absolute atomic E-state index is 0.231. The second kappa shape index (κ2) is 6.40. The fraction of sp³-hybridized carbons (Fsp3) is 0.636. The first-order valence-corrected chi connectivity index (χ1v) is 5.37. The second-order valence-electron chi connectivity index (χ2n) is 3.82. The molecule has 0 spiro atoms. The van der Waals surface area contributed by atoms with Gasteiger partial charge in [-0.15, -0.1) is 0 Å². The van der Waals surface area contributed by atoms with Gasteiger partial charge < -0.3 is 15.2 Å². The summed E-state index contributed by atoms with van der Waals surface area (Å²) in [5, 5.41) is 0. The Morgan fingerprint density at radius 1 is 1.31 bits per heavy atom. The van der Waals surface area contributed by atoms with E-state index in [1.807, 2.05) is 20.8 Å². The van der Waals surface area contributed by atoms with Crippen molar-refractivity contribution in [3.8, 4) is 0 Å². The number of rotatable bonds is 6. The van der Waals surface area contributed by atoms with Gasteiger partial charge in [-0.2, -0.15) is 0 Å². The van der Waals surface area contributed by atoms with Crippen molar-refractivity contribution in [3.63, 3.8) is 0 Å². The van der Waals surface area contributed by atoms with Gasteiger partial charge in [0.1, 0.15) is 12.4 Å². The highest BCUT2D eigenvalue weighted by Crippen LogP contribution is 2.02. The van der Waals surface area contributed by atoms with Crippen LogP contribution in [0.5, 0.6) is 0 Å². The largest absolute Gasteiger partial charge is 0.384 e. The van der Waals surface area contributed by atoms with Crippen molar-refractivity contribution in [2.24, 2.45) is 0 Å². The lowest BCUT2D eigenvalue weighted by Gasteiger charge is -2.08. The van der Waals surface area contributed by atoms with Crippen molar-refractivity contribution >= 4 is 5.82 Å². The van der Waals surface area contributed by atoms with Gasteiger partial charge in [0.2, 0.25) is 0 Å². The average Bonchev–Trinajstić information content (AvgIpc) is 2.15. The molecule has 5 heteroatoms. The maximum atomic E-state index is 5.60. The van der Waals surface area contributed by atoms with Crippen LogP contribution in [0.15, 0.2) is 6.07 Å². The summed E-state index contributed by atoms with van der Waals surface area (Å²) in [6.07, 6.45) is 0.231. The Morgan fingerprint density at radius 3 is 2.69 bits per heavy atom. The van der Waals surface area contributed by atoms with E-state index in [0.29, 0.717) is 31.5 Å². The lowest BCUT2D eigenvalue weighted by Crippen LogP contribution is -2.10. The molecule has 0 amide bonds. The third-order valence-electron chi connectivity index (χ3n) is 1.83. The molecule has 90 valence electrons. The van der Waals surface area contributed by atoms with Crippen LogP contribution in [0.2, 0.25) is 0 Å². The first kappa shape index (κ1) is 12.9. The van der Waals surface area contributed by atoms with Crippen molar-refractivity contribution < 1.29 is 9.47 Å². The van der Waals surface area contributed by atoms with Gasteiger partial charge in [-0.25, -0.2) is 9.97 Å². The summed E-state index contributed by atoms with van der Waals surface area (Å²) in [5.74, 6) is 1.09. The zero-order chi connectivity index (χ0) is 12.0. The lowest BCUT2D eigenvalue weighted by atomic mass is 10.4. The molecule has 0 aliphatic heterocycles. The van der Waals surface area contributed by atoms with Crippen molar-refractivity contribution in [1.82, 2.24) is 9.97 Å². The van der Waals surface area contributed by atoms with Gasteiger partial charge in [-0.05, 0) is 20.8 Å². The van der Waals surface area contributed by atoms with E-state index in [2.05, 4.69) is 9.97 Å². The Balaban J connectivity index is 2.26. The Morgan fingerprint density at radius 2 is 2.06 bits per heavy atom. The summed E-state index contributed by atoms with van der Waals surface area (Å²) in [4.78, 5) is 8.28. The summed E-state index contributed by atoms with van der Waals surface area (Å²) in [5.41, 5.74) is 6.45. The molecule has 0 aromatic carbocycles. The molecule has 0 fully saturated rings. The van der Waals surface area contributed by atoms with Gasteiger partial charge in [0.15, 0.2) is 5.82 Å². The number of nitrogens with two attached hydrogens (primary N) is 1. The van der Waals surface area contributed by atoms with Crippen molar-refractivity contribution in [2.75, 3.05) is 18.9 Å². The molecule has 0 bridgehead atoms. The van der Waals surface area contributed by atoms with Gasteiger partial charge >= 0.3 is 0 Å². The van der Waals surface area contributed by atoms with Crippen LogP contribution < -0.4 is 5.73 Å². The van der Waals surface area contributed by atoms with Crippen LogP contribution in [0.25, 0.3) is 0 Å². The Kier molecular flexibility index (Phi) is 5.14. The average molecular weight is 225 g/mol. The van der Waals surface area contributed by atoms with Crippen molar-refractivity contribution in [2.45, 2.75) is 33.5 Å². The Labute approximate surface area is 96.0 Å². The van der Waals surface area contributed by atoms with E-state index in [1.54, 1.807) is 6.07 Å². The molecule has 5 nitrogen and oxygen atoms in total. The molecule has 1 aromatic rings. The first-order valence-electron chi connectivity index (χ1n) is 5.37. The molecule has 1 aromatic heterocycles. The van der Waals surface area contributed by atoms with Crippen LogP contribution in [-0.2, 0) is 16.1 Å². The van der Waals surface area contributed by atoms with Crippen molar-refractivity contribution in [3.05, 3.63) is 17.6 Å². The third kappa shape index (κ3) is 5.04. The predicted octanol–water partition coefficient (Wildman–Crippen LogP) is 1.31. The zero-order valence-electron chi connectivity index (χ0n) is 10.1. The number of hydrogen-bond donors (Lipinski definition) is 1. The van der Waals surface area contributed by atoms with Gasteiger partial charge in [0.05, 0.1) is 19.3 Å². The summed E-state index contributed by atoms with van der Waals surface area (Å²) in [6.45, 7) is 7.35. The van der Waals surface area contributed by atoms with Gasteiger partial charge in [-0.3, -0.25) is 0 Å². The van der Waals surface area contributed by atoms with Crippen LogP contribution in [-0.4, -0.2) is 29.3 Å². The molecule has 0 saturated carbocycles. The number of hydrogen-bond acceptors (Lipinski definition) is 5. The molecule has 1 heterocycles. The standard InChI is InChI=1S/C11H19N3O2/c1-8(2)16-5-4-15-7-11-13-9(3)6-10(12)14-11/h6,8H,4-5,7H2,1-3H3,(H2,12,13,14). The highest BCUT2D eigenvalue weighted by Gasteiger charge is 2.00. The van der Waals surface area contributed by atoms with Gasteiger partial charge in [0, 0.05) is 11.8 Å². The Bertz CT molecular complexity index is 309. The summed E-state index contributed by atoms with van der Waals surface area (Å²) in [6, 6.07) is 1.73. The van der Waals surface area contributed by atoms with E-state index >= 15 is 0 Å². The van der Waals surface area contributed by atoms with Gasteiger partial charge in [-0.1, -0.05) is 0 Å². The number of nitrogen functional groups attached to an aromatic ring is 1. The normalized spacial score (nSPS) is 11.0. The quantitative estimate of drug-likeness (QED) is 0.739. The minimum Gasteiger partial charge on any atom is -0.384 e. The molecule has 0 saturated heterocycles. The van der Waals surface area contributed by atoms with Crippen LogP contribution in [0.1, 0.15) is 25.4 Å². The molecule has 0 unspecified atom stereocenters. The molecule has 2 N–H and O–H groups in total. The summed E-state index contributed by atoms with van der Waals surface area (Å²) in [7, 11) is 0. The van der Waals surface area contributed by atoms with Crippen molar-refractivity contribution in [1.29, 1.82) is 0 Å². The van der Waals surface area contributed by atoms with Crippen LogP contribution >= 0.6 is 0 Å². The number of anilines is 1. The topological polar surface area (TPSA) is 70.3 Å². The first-order chi connectivity index (χ1) is 7.58. The van der Waals surface area contributed by atoms with E-state index in [4.69, 9.17) is 15.2 Å². The molecule has 1 rings (SSSR count). The maximum Gasteiger partial charge on any atom is 0.156 e. The van der Waals surface area contributed by atoms with Crippen LogP contribution in [0.3, 0.4) is 0 Å². The summed E-state index contributed by atoms with van der Waals surface area (Å²) >= 11 is 0. The fourth-order valence-electron chi connectivity index (χ4n) is 1.23. The SMILES string of the molecule is Cc1cc(N)nc(COCCOC(C)C)n1. The lowest BCUT2D eigenvalue weighted by molar-refractivity contribution is 0.0127.